The molecule has 0 spiro atoms. The number of carbonyl (C=O) groups excluding carboxylic acids is 2. The van der Waals surface area contributed by atoms with Gasteiger partial charge in [-0.1, -0.05) is 17.7 Å². The molecule has 2 aromatic rings. The molecule has 0 fully saturated rings. The molecule has 0 heterocycles. The zero-order valence-electron chi connectivity index (χ0n) is 12.9. The van der Waals surface area contributed by atoms with E-state index < -0.39 is 5.97 Å². The van der Waals surface area contributed by atoms with E-state index in [1.54, 1.807) is 30.3 Å². The summed E-state index contributed by atoms with van der Waals surface area (Å²) in [5, 5.41) is 0. The van der Waals surface area contributed by atoms with Gasteiger partial charge in [0, 0.05) is 11.1 Å². The Morgan fingerprint density at radius 3 is 2.23 bits per heavy atom. The van der Waals surface area contributed by atoms with Gasteiger partial charge in [0.1, 0.15) is 12.4 Å². The zero-order valence-corrected chi connectivity index (χ0v) is 12.9. The Morgan fingerprint density at radius 2 is 1.64 bits per heavy atom. The average Bonchev–Trinajstić information content (AvgIpc) is 2.52. The molecule has 114 valence electrons. The van der Waals surface area contributed by atoms with Crippen molar-refractivity contribution in [2.45, 2.75) is 20.5 Å². The maximum absolute atomic E-state index is 12.0. The number of benzene rings is 2. The Morgan fingerprint density at radius 1 is 1.00 bits per heavy atom. The molecule has 0 radical (unpaired) electrons. The second-order valence-corrected chi connectivity index (χ2v) is 5.02. The number of ether oxygens (including phenoxy) is 2. The smallest absolute Gasteiger partial charge is 0.338 e. The molecular weight excluding hydrogens is 280 g/mol. The maximum Gasteiger partial charge on any atom is 0.338 e. The van der Waals surface area contributed by atoms with Gasteiger partial charge in [-0.3, -0.25) is 4.79 Å². The third kappa shape index (κ3) is 3.73. The summed E-state index contributed by atoms with van der Waals surface area (Å²) < 4.78 is 10.5. The number of aryl methyl sites for hydroxylation is 1. The summed E-state index contributed by atoms with van der Waals surface area (Å²) in [5.41, 5.74) is 2.79. The van der Waals surface area contributed by atoms with Gasteiger partial charge in [0.2, 0.25) is 0 Å². The molecule has 0 unspecified atom stereocenters. The molecule has 0 saturated heterocycles. The van der Waals surface area contributed by atoms with Gasteiger partial charge in [-0.2, -0.15) is 0 Å². The largest absolute Gasteiger partial charge is 0.496 e. The van der Waals surface area contributed by atoms with Crippen LogP contribution in [0.4, 0.5) is 0 Å². The Balaban J connectivity index is 2.13. The highest BCUT2D eigenvalue weighted by molar-refractivity contribution is 5.94. The highest BCUT2D eigenvalue weighted by atomic mass is 16.5. The summed E-state index contributed by atoms with van der Waals surface area (Å²) in [4.78, 5) is 23.5. The summed E-state index contributed by atoms with van der Waals surface area (Å²) in [6, 6.07) is 12.2. The molecule has 0 aromatic heterocycles. The average molecular weight is 298 g/mol. The van der Waals surface area contributed by atoms with Crippen LogP contribution in [-0.2, 0) is 11.3 Å². The van der Waals surface area contributed by atoms with E-state index in [0.717, 1.165) is 5.56 Å². The van der Waals surface area contributed by atoms with Gasteiger partial charge in [-0.25, -0.2) is 4.79 Å². The van der Waals surface area contributed by atoms with E-state index >= 15 is 0 Å². The first-order valence-electron chi connectivity index (χ1n) is 6.93. The number of methoxy groups -OCH3 is 1. The summed E-state index contributed by atoms with van der Waals surface area (Å²) in [6.07, 6.45) is 0. The molecule has 0 atom stereocenters. The van der Waals surface area contributed by atoms with Crippen LogP contribution in [0.15, 0.2) is 42.5 Å². The molecule has 0 saturated carbocycles. The summed E-state index contributed by atoms with van der Waals surface area (Å²) >= 11 is 0. The van der Waals surface area contributed by atoms with Crippen molar-refractivity contribution in [2.24, 2.45) is 0 Å². The molecule has 22 heavy (non-hydrogen) atoms. The van der Waals surface area contributed by atoms with Gasteiger partial charge in [0.15, 0.2) is 5.78 Å². The van der Waals surface area contributed by atoms with E-state index in [1.165, 1.54) is 14.0 Å². The van der Waals surface area contributed by atoms with Crippen molar-refractivity contribution in [2.75, 3.05) is 7.11 Å². The van der Waals surface area contributed by atoms with Crippen LogP contribution in [0.2, 0.25) is 0 Å². The van der Waals surface area contributed by atoms with Crippen LogP contribution in [-0.4, -0.2) is 18.9 Å². The van der Waals surface area contributed by atoms with Crippen molar-refractivity contribution >= 4 is 11.8 Å². The highest BCUT2D eigenvalue weighted by Gasteiger charge is 2.11. The molecule has 0 aliphatic heterocycles. The molecule has 0 amide bonds. The van der Waals surface area contributed by atoms with E-state index in [-0.39, 0.29) is 12.4 Å². The van der Waals surface area contributed by atoms with Gasteiger partial charge < -0.3 is 9.47 Å². The minimum absolute atomic E-state index is 0.0474. The van der Waals surface area contributed by atoms with Crippen LogP contribution in [0.3, 0.4) is 0 Å². The molecule has 0 N–H and O–H groups in total. The normalized spacial score (nSPS) is 10.1. The van der Waals surface area contributed by atoms with Gasteiger partial charge >= 0.3 is 5.97 Å². The first-order valence-corrected chi connectivity index (χ1v) is 6.93. The SMILES string of the molecule is COc1ccc(C(C)=O)cc1COC(=O)c1ccc(C)cc1. The van der Waals surface area contributed by atoms with Gasteiger partial charge in [-0.05, 0) is 44.2 Å². The van der Waals surface area contributed by atoms with Crippen molar-refractivity contribution in [1.29, 1.82) is 0 Å². The zero-order chi connectivity index (χ0) is 16.1. The van der Waals surface area contributed by atoms with Crippen molar-refractivity contribution in [3.63, 3.8) is 0 Å². The number of ketones is 1. The minimum Gasteiger partial charge on any atom is -0.496 e. The summed E-state index contributed by atoms with van der Waals surface area (Å²) in [6.45, 7) is 3.49. The Hall–Kier alpha value is -2.62. The predicted octanol–water partition coefficient (Wildman–Crippen LogP) is 3.56. The minimum atomic E-state index is -0.407. The predicted molar refractivity (Wildman–Crippen MR) is 83.3 cm³/mol. The lowest BCUT2D eigenvalue weighted by Crippen LogP contribution is -2.07. The van der Waals surface area contributed by atoms with Gasteiger partial charge in [-0.15, -0.1) is 0 Å². The van der Waals surface area contributed by atoms with E-state index in [4.69, 9.17) is 9.47 Å². The molecule has 4 heteroatoms. The molecule has 4 nitrogen and oxygen atoms in total. The number of Topliss-reactive ketones (excluding diaryl/α,β-unsaturated/α-hetero) is 1. The van der Waals surface area contributed by atoms with Crippen molar-refractivity contribution < 1.29 is 19.1 Å². The summed E-state index contributed by atoms with van der Waals surface area (Å²) in [7, 11) is 1.54. The third-order valence-electron chi connectivity index (χ3n) is 3.33. The molecule has 0 aliphatic carbocycles. The van der Waals surface area contributed by atoms with Crippen LogP contribution in [0.25, 0.3) is 0 Å². The number of carbonyl (C=O) groups is 2. The van der Waals surface area contributed by atoms with Crippen LogP contribution in [0.5, 0.6) is 5.75 Å². The fraction of sp³-hybridized carbons (Fsp3) is 0.222. The molecule has 0 bridgehead atoms. The number of hydrogen-bond donors (Lipinski definition) is 0. The van der Waals surface area contributed by atoms with Crippen LogP contribution >= 0.6 is 0 Å². The van der Waals surface area contributed by atoms with Crippen LogP contribution in [0.1, 0.15) is 38.8 Å². The van der Waals surface area contributed by atoms with Gasteiger partial charge in [0.05, 0.1) is 12.7 Å². The first-order chi connectivity index (χ1) is 10.5. The monoisotopic (exact) mass is 298 g/mol. The second-order valence-electron chi connectivity index (χ2n) is 5.02. The Labute approximate surface area is 129 Å². The number of esters is 1. The van der Waals surface area contributed by atoms with Crippen molar-refractivity contribution in [3.05, 3.63) is 64.7 Å². The number of rotatable bonds is 5. The second kappa shape index (κ2) is 6.89. The lowest BCUT2D eigenvalue weighted by atomic mass is 10.1. The van der Waals surface area contributed by atoms with Gasteiger partial charge in [0.25, 0.3) is 0 Å². The Bertz CT molecular complexity index is 687. The van der Waals surface area contributed by atoms with E-state index in [1.807, 2.05) is 19.1 Å². The quantitative estimate of drug-likeness (QED) is 0.625. The third-order valence-corrected chi connectivity index (χ3v) is 3.33. The van der Waals surface area contributed by atoms with Crippen LogP contribution < -0.4 is 4.74 Å². The molecule has 0 aliphatic rings. The van der Waals surface area contributed by atoms with Crippen molar-refractivity contribution in [3.8, 4) is 5.75 Å². The maximum atomic E-state index is 12.0. The lowest BCUT2D eigenvalue weighted by molar-refractivity contribution is 0.0470. The van der Waals surface area contributed by atoms with E-state index in [9.17, 15) is 9.59 Å². The molecular formula is C18H18O4. The lowest BCUT2D eigenvalue weighted by Gasteiger charge is -2.11. The Kier molecular flexibility index (Phi) is 4.94. The summed E-state index contributed by atoms with van der Waals surface area (Å²) in [5.74, 6) is 0.130. The fourth-order valence-electron chi connectivity index (χ4n) is 2.03. The number of hydrogen-bond acceptors (Lipinski definition) is 4. The van der Waals surface area contributed by atoms with Crippen molar-refractivity contribution in [1.82, 2.24) is 0 Å². The highest BCUT2D eigenvalue weighted by Crippen LogP contribution is 2.21. The topological polar surface area (TPSA) is 52.6 Å². The van der Waals surface area contributed by atoms with Crippen LogP contribution in [0, 0.1) is 6.92 Å². The fourth-order valence-corrected chi connectivity index (χ4v) is 2.03. The van der Waals surface area contributed by atoms with E-state index in [2.05, 4.69) is 0 Å². The molecule has 2 rings (SSSR count). The first kappa shape index (κ1) is 15.8. The standard InChI is InChI=1S/C18H18O4/c1-12-4-6-14(7-5-12)18(20)22-11-16-10-15(13(2)19)8-9-17(16)21-3/h4-10H,11H2,1-3H3. The van der Waals surface area contributed by atoms with E-state index in [0.29, 0.717) is 22.4 Å². The molecule has 2 aromatic carbocycles.